The minimum Gasteiger partial charge on any atom is -0.454 e. The van der Waals surface area contributed by atoms with Crippen LogP contribution in [-0.2, 0) is 0 Å². The fourth-order valence-electron chi connectivity index (χ4n) is 2.18. The van der Waals surface area contributed by atoms with Crippen LogP contribution in [0.5, 0.6) is 11.5 Å². The van der Waals surface area contributed by atoms with E-state index >= 15 is 0 Å². The van der Waals surface area contributed by atoms with Gasteiger partial charge in [0.1, 0.15) is 0 Å². The van der Waals surface area contributed by atoms with Crippen LogP contribution in [-0.4, -0.2) is 36.7 Å². The first-order valence-electron chi connectivity index (χ1n) is 5.68. The molecule has 6 heteroatoms. The molecule has 0 bridgehead atoms. The summed E-state index contributed by atoms with van der Waals surface area (Å²) >= 11 is 0. The van der Waals surface area contributed by atoms with E-state index < -0.39 is 0 Å². The van der Waals surface area contributed by atoms with Crippen LogP contribution in [0.2, 0.25) is 0 Å². The zero-order chi connectivity index (χ0) is 11.8. The van der Waals surface area contributed by atoms with Gasteiger partial charge in [0.05, 0.1) is 0 Å². The van der Waals surface area contributed by atoms with E-state index in [2.05, 4.69) is 0 Å². The van der Waals surface area contributed by atoms with Gasteiger partial charge < -0.3 is 20.1 Å². The first-order chi connectivity index (χ1) is 8.24. The summed E-state index contributed by atoms with van der Waals surface area (Å²) in [5.41, 5.74) is 6.42. The Kier molecular flexibility index (Phi) is 3.63. The molecule has 2 N–H and O–H groups in total. The lowest BCUT2D eigenvalue weighted by atomic mass is 10.2. The monoisotopic (exact) mass is 270 g/mol. The van der Waals surface area contributed by atoms with Crippen molar-refractivity contribution < 1.29 is 14.3 Å². The van der Waals surface area contributed by atoms with Crippen LogP contribution in [0, 0.1) is 0 Å². The molecule has 0 spiro atoms. The molecule has 0 saturated carbocycles. The molecule has 5 nitrogen and oxygen atoms in total. The summed E-state index contributed by atoms with van der Waals surface area (Å²) in [6, 6.07) is 5.37. The van der Waals surface area contributed by atoms with Gasteiger partial charge in [0, 0.05) is 24.7 Å². The quantitative estimate of drug-likeness (QED) is 0.827. The van der Waals surface area contributed by atoms with E-state index in [1.807, 2.05) is 0 Å². The third-order valence-corrected chi connectivity index (χ3v) is 3.13. The standard InChI is InChI=1S/C12H14N2O3.ClH/c13-9-3-4-14(6-9)12(15)8-1-2-10-11(5-8)17-7-16-10;/h1-2,5,9H,3-4,6-7,13H2;1H/t9-;/m0./s1. The number of benzene rings is 1. The number of hydrogen-bond donors (Lipinski definition) is 1. The second-order valence-corrected chi connectivity index (χ2v) is 4.37. The van der Waals surface area contributed by atoms with Crippen molar-refractivity contribution in [2.75, 3.05) is 19.9 Å². The van der Waals surface area contributed by atoms with E-state index in [0.29, 0.717) is 23.6 Å². The van der Waals surface area contributed by atoms with Gasteiger partial charge in [-0.05, 0) is 24.6 Å². The van der Waals surface area contributed by atoms with Crippen LogP contribution >= 0.6 is 12.4 Å². The minimum atomic E-state index is 0. The molecule has 2 heterocycles. The number of halogens is 1. The molecule has 0 radical (unpaired) electrons. The molecule has 0 aromatic heterocycles. The molecule has 98 valence electrons. The molecule has 0 aliphatic carbocycles. The van der Waals surface area contributed by atoms with Crippen molar-refractivity contribution in [3.63, 3.8) is 0 Å². The largest absolute Gasteiger partial charge is 0.454 e. The molecule has 1 amide bonds. The number of nitrogens with zero attached hydrogens (tertiary/aromatic N) is 1. The first-order valence-corrected chi connectivity index (χ1v) is 5.68. The van der Waals surface area contributed by atoms with E-state index in [4.69, 9.17) is 15.2 Å². The highest BCUT2D eigenvalue weighted by Crippen LogP contribution is 2.32. The Hall–Kier alpha value is -1.46. The van der Waals surface area contributed by atoms with Crippen molar-refractivity contribution in [2.24, 2.45) is 5.73 Å². The number of carbonyl (C=O) groups is 1. The summed E-state index contributed by atoms with van der Waals surface area (Å²) in [5.74, 6) is 1.34. The van der Waals surface area contributed by atoms with Crippen molar-refractivity contribution in [1.29, 1.82) is 0 Å². The van der Waals surface area contributed by atoms with E-state index in [9.17, 15) is 4.79 Å². The van der Waals surface area contributed by atoms with E-state index in [-0.39, 0.29) is 31.1 Å². The van der Waals surface area contributed by atoms with Crippen LogP contribution in [0.15, 0.2) is 18.2 Å². The van der Waals surface area contributed by atoms with Gasteiger partial charge >= 0.3 is 0 Å². The van der Waals surface area contributed by atoms with Crippen LogP contribution in [0.25, 0.3) is 0 Å². The number of nitrogens with two attached hydrogens (primary N) is 1. The third-order valence-electron chi connectivity index (χ3n) is 3.13. The van der Waals surface area contributed by atoms with Crippen LogP contribution in [0.1, 0.15) is 16.8 Å². The number of fused-ring (bicyclic) bond motifs is 1. The molecule has 1 atom stereocenters. The number of carbonyl (C=O) groups excluding carboxylic acids is 1. The lowest BCUT2D eigenvalue weighted by molar-refractivity contribution is 0.0790. The van der Waals surface area contributed by atoms with Gasteiger partial charge in [-0.1, -0.05) is 0 Å². The maximum Gasteiger partial charge on any atom is 0.254 e. The summed E-state index contributed by atoms with van der Waals surface area (Å²) in [6.45, 7) is 1.59. The SMILES string of the molecule is Cl.N[C@H]1CCN(C(=O)c2ccc3c(c2)OCO3)C1. The highest BCUT2D eigenvalue weighted by molar-refractivity contribution is 5.95. The lowest BCUT2D eigenvalue weighted by Crippen LogP contribution is -2.31. The predicted molar refractivity (Wildman–Crippen MR) is 68.3 cm³/mol. The molecule has 3 rings (SSSR count). The maximum absolute atomic E-state index is 12.2. The van der Waals surface area contributed by atoms with Crippen molar-refractivity contribution >= 4 is 18.3 Å². The van der Waals surface area contributed by atoms with Crippen molar-refractivity contribution in [3.05, 3.63) is 23.8 Å². The maximum atomic E-state index is 12.2. The highest BCUT2D eigenvalue weighted by atomic mass is 35.5. The summed E-state index contributed by atoms with van der Waals surface area (Å²) in [6.07, 6.45) is 0.871. The Morgan fingerprint density at radius 1 is 1.33 bits per heavy atom. The Balaban J connectivity index is 0.00000120. The Labute approximate surface area is 111 Å². The highest BCUT2D eigenvalue weighted by Gasteiger charge is 2.25. The van der Waals surface area contributed by atoms with Crippen LogP contribution in [0.3, 0.4) is 0 Å². The average Bonchev–Trinajstić information content (AvgIpc) is 2.95. The topological polar surface area (TPSA) is 64.8 Å². The average molecular weight is 271 g/mol. The number of likely N-dealkylation sites (tertiary alicyclic amines) is 1. The van der Waals surface area contributed by atoms with Crippen LogP contribution in [0.4, 0.5) is 0 Å². The van der Waals surface area contributed by atoms with Gasteiger partial charge in [-0.15, -0.1) is 12.4 Å². The number of rotatable bonds is 1. The lowest BCUT2D eigenvalue weighted by Gasteiger charge is -2.15. The molecule has 2 aliphatic heterocycles. The third kappa shape index (κ3) is 2.23. The Morgan fingerprint density at radius 3 is 2.83 bits per heavy atom. The van der Waals surface area contributed by atoms with Gasteiger partial charge in [-0.3, -0.25) is 4.79 Å². The summed E-state index contributed by atoms with van der Waals surface area (Å²) in [7, 11) is 0. The summed E-state index contributed by atoms with van der Waals surface area (Å²) < 4.78 is 10.5. The number of ether oxygens (including phenoxy) is 2. The molecule has 1 fully saturated rings. The molecular weight excluding hydrogens is 256 g/mol. The molecular formula is C12H15ClN2O3. The predicted octanol–water partition coefficient (Wildman–Crippen LogP) is 1.01. The van der Waals surface area contributed by atoms with Crippen molar-refractivity contribution in [1.82, 2.24) is 4.90 Å². The number of amides is 1. The Morgan fingerprint density at radius 2 is 2.11 bits per heavy atom. The zero-order valence-corrected chi connectivity index (χ0v) is 10.6. The molecule has 1 aromatic rings. The summed E-state index contributed by atoms with van der Waals surface area (Å²) in [4.78, 5) is 13.9. The second kappa shape index (κ2) is 5.04. The van der Waals surface area contributed by atoms with Gasteiger partial charge in [0.15, 0.2) is 11.5 Å². The molecule has 0 unspecified atom stereocenters. The van der Waals surface area contributed by atoms with Gasteiger partial charge in [0.25, 0.3) is 5.91 Å². The van der Waals surface area contributed by atoms with Gasteiger partial charge in [-0.25, -0.2) is 0 Å². The fourth-order valence-corrected chi connectivity index (χ4v) is 2.18. The van der Waals surface area contributed by atoms with E-state index in [1.165, 1.54) is 0 Å². The number of hydrogen-bond acceptors (Lipinski definition) is 4. The first kappa shape index (κ1) is 13.0. The van der Waals surface area contributed by atoms with E-state index in [0.717, 1.165) is 13.0 Å². The van der Waals surface area contributed by atoms with Crippen molar-refractivity contribution in [3.8, 4) is 11.5 Å². The normalized spacial score (nSPS) is 20.7. The second-order valence-electron chi connectivity index (χ2n) is 4.37. The molecule has 1 saturated heterocycles. The van der Waals surface area contributed by atoms with Gasteiger partial charge in [-0.2, -0.15) is 0 Å². The molecule has 1 aromatic carbocycles. The smallest absolute Gasteiger partial charge is 0.254 e. The van der Waals surface area contributed by atoms with Crippen LogP contribution < -0.4 is 15.2 Å². The van der Waals surface area contributed by atoms with Gasteiger partial charge in [0.2, 0.25) is 6.79 Å². The summed E-state index contributed by atoms with van der Waals surface area (Å²) in [5, 5.41) is 0. The molecule has 2 aliphatic rings. The molecule has 18 heavy (non-hydrogen) atoms. The van der Waals surface area contributed by atoms with E-state index in [1.54, 1.807) is 23.1 Å². The minimum absolute atomic E-state index is 0. The fraction of sp³-hybridized carbons (Fsp3) is 0.417. The zero-order valence-electron chi connectivity index (χ0n) is 9.80. The van der Waals surface area contributed by atoms with Crippen molar-refractivity contribution in [2.45, 2.75) is 12.5 Å². The Bertz CT molecular complexity index is 467.